The normalized spacial score (nSPS) is 14.4. The van der Waals surface area contributed by atoms with Crippen LogP contribution < -0.4 is 11.1 Å². The van der Waals surface area contributed by atoms with Crippen LogP contribution in [-0.4, -0.2) is 48.6 Å². The zero-order valence-electron chi connectivity index (χ0n) is 11.3. The van der Waals surface area contributed by atoms with Gasteiger partial charge in [-0.1, -0.05) is 11.3 Å². The van der Waals surface area contributed by atoms with Gasteiger partial charge in [-0.3, -0.25) is 4.79 Å². The highest BCUT2D eigenvalue weighted by atomic mass is 32.1. The number of nitrogens with one attached hydrogen (secondary N) is 1. The Balaban J connectivity index is 2.05. The van der Waals surface area contributed by atoms with Crippen molar-refractivity contribution in [3.8, 4) is 0 Å². The molecule has 1 amide bonds. The van der Waals surface area contributed by atoms with Crippen molar-refractivity contribution in [1.29, 1.82) is 0 Å². The predicted octanol–water partition coefficient (Wildman–Crippen LogP) is 1.41. The van der Waals surface area contributed by atoms with Gasteiger partial charge in [0.15, 0.2) is 5.13 Å². The first kappa shape index (κ1) is 14.1. The summed E-state index contributed by atoms with van der Waals surface area (Å²) in [6.07, 6.45) is 2.33. The smallest absolute Gasteiger partial charge is 0.267 e. The number of likely N-dealkylation sites (N-methyl/N-ethyl adjacent to an activating group) is 1. The van der Waals surface area contributed by atoms with Gasteiger partial charge < -0.3 is 20.7 Å². The van der Waals surface area contributed by atoms with Gasteiger partial charge in [-0.15, -0.1) is 0 Å². The molecule has 7 heteroatoms. The highest BCUT2D eigenvalue weighted by Gasteiger charge is 2.25. The summed E-state index contributed by atoms with van der Waals surface area (Å²) in [5.41, 5.74) is 5.84. The molecule has 1 saturated carbocycles. The van der Waals surface area contributed by atoms with E-state index in [2.05, 4.69) is 10.3 Å². The van der Waals surface area contributed by atoms with Crippen molar-refractivity contribution < 1.29 is 9.53 Å². The van der Waals surface area contributed by atoms with Crippen molar-refractivity contribution in [2.75, 3.05) is 37.9 Å². The minimum absolute atomic E-state index is 0.0709. The van der Waals surface area contributed by atoms with Crippen molar-refractivity contribution in [3.63, 3.8) is 0 Å². The zero-order valence-corrected chi connectivity index (χ0v) is 12.1. The Hall–Kier alpha value is -1.34. The van der Waals surface area contributed by atoms with Gasteiger partial charge in [0.1, 0.15) is 10.7 Å². The number of aromatic nitrogens is 1. The second-order valence-electron chi connectivity index (χ2n) is 4.53. The molecule has 1 aliphatic carbocycles. The van der Waals surface area contributed by atoms with E-state index in [1.54, 1.807) is 12.0 Å². The van der Waals surface area contributed by atoms with Gasteiger partial charge in [-0.05, 0) is 19.8 Å². The van der Waals surface area contributed by atoms with E-state index < -0.39 is 0 Å². The number of carbonyl (C=O) groups is 1. The average Bonchev–Trinajstić information content (AvgIpc) is 3.12. The second kappa shape index (κ2) is 6.21. The van der Waals surface area contributed by atoms with Gasteiger partial charge >= 0.3 is 0 Å². The monoisotopic (exact) mass is 284 g/mol. The Kier molecular flexibility index (Phi) is 4.60. The van der Waals surface area contributed by atoms with Crippen LogP contribution >= 0.6 is 11.3 Å². The fourth-order valence-corrected chi connectivity index (χ4v) is 2.63. The molecule has 0 saturated heterocycles. The average molecular weight is 284 g/mol. The first-order valence-corrected chi connectivity index (χ1v) is 7.28. The number of nitrogens with two attached hydrogens (primary N) is 1. The standard InChI is InChI=1S/C12H20N4O2S/c1-3-16(6-7-18-2)11(17)9-10(13)15-12(19-9)14-8-4-5-8/h8H,3-7,13H2,1-2H3,(H,14,15). The maximum Gasteiger partial charge on any atom is 0.267 e. The highest BCUT2D eigenvalue weighted by molar-refractivity contribution is 7.18. The summed E-state index contributed by atoms with van der Waals surface area (Å²) in [5, 5.41) is 4.01. The van der Waals surface area contributed by atoms with E-state index in [9.17, 15) is 4.79 Å². The molecule has 1 aromatic heterocycles. The molecule has 0 aliphatic heterocycles. The molecule has 0 unspecified atom stereocenters. The lowest BCUT2D eigenvalue weighted by Crippen LogP contribution is -2.33. The molecule has 3 N–H and O–H groups in total. The lowest BCUT2D eigenvalue weighted by Gasteiger charge is -2.19. The predicted molar refractivity (Wildman–Crippen MR) is 76.6 cm³/mol. The molecule has 0 aromatic carbocycles. The second-order valence-corrected chi connectivity index (χ2v) is 5.53. The molecule has 1 heterocycles. The maximum absolute atomic E-state index is 12.4. The summed E-state index contributed by atoms with van der Waals surface area (Å²) < 4.78 is 5.01. The number of ether oxygens (including phenoxy) is 1. The zero-order chi connectivity index (χ0) is 13.8. The third-order valence-corrected chi connectivity index (χ3v) is 3.98. The summed E-state index contributed by atoms with van der Waals surface area (Å²) in [6, 6.07) is 0.504. The van der Waals surface area contributed by atoms with Crippen LogP contribution in [0.1, 0.15) is 29.4 Å². The third kappa shape index (κ3) is 3.57. The fourth-order valence-electron chi connectivity index (χ4n) is 1.70. The quantitative estimate of drug-likeness (QED) is 0.791. The van der Waals surface area contributed by atoms with E-state index in [4.69, 9.17) is 10.5 Å². The number of methoxy groups -OCH3 is 1. The minimum Gasteiger partial charge on any atom is -0.383 e. The van der Waals surface area contributed by atoms with Crippen LogP contribution in [-0.2, 0) is 4.74 Å². The van der Waals surface area contributed by atoms with Crippen LogP contribution in [0.25, 0.3) is 0 Å². The van der Waals surface area contributed by atoms with Crippen molar-refractivity contribution in [2.45, 2.75) is 25.8 Å². The number of anilines is 2. The first-order chi connectivity index (χ1) is 9.15. The largest absolute Gasteiger partial charge is 0.383 e. The van der Waals surface area contributed by atoms with Crippen molar-refractivity contribution in [3.05, 3.63) is 4.88 Å². The van der Waals surface area contributed by atoms with Gasteiger partial charge in [0, 0.05) is 26.2 Å². The van der Waals surface area contributed by atoms with Crippen LogP contribution in [0.15, 0.2) is 0 Å². The van der Waals surface area contributed by atoms with Crippen molar-refractivity contribution in [2.24, 2.45) is 0 Å². The SMILES string of the molecule is CCN(CCOC)C(=O)c1sc(NC2CC2)nc1N. The number of carbonyl (C=O) groups excluding carboxylic acids is 1. The van der Waals surface area contributed by atoms with Crippen LogP contribution in [0.3, 0.4) is 0 Å². The lowest BCUT2D eigenvalue weighted by atomic mass is 10.4. The third-order valence-electron chi connectivity index (χ3n) is 2.99. The Morgan fingerprint density at radius 1 is 1.63 bits per heavy atom. The van der Waals surface area contributed by atoms with Gasteiger partial charge in [0.25, 0.3) is 5.91 Å². The number of rotatable bonds is 7. The molecule has 2 rings (SSSR count). The Bertz CT molecular complexity index is 445. The Morgan fingerprint density at radius 3 is 2.95 bits per heavy atom. The summed E-state index contributed by atoms with van der Waals surface area (Å²) in [4.78, 5) is 18.8. The van der Waals surface area contributed by atoms with E-state index in [0.717, 1.165) is 18.0 Å². The number of thiazole rings is 1. The van der Waals surface area contributed by atoms with E-state index in [1.165, 1.54) is 11.3 Å². The number of hydrogen-bond acceptors (Lipinski definition) is 6. The molecule has 6 nitrogen and oxygen atoms in total. The van der Waals surface area contributed by atoms with E-state index in [-0.39, 0.29) is 5.91 Å². The van der Waals surface area contributed by atoms with Gasteiger partial charge in [0.05, 0.1) is 6.61 Å². The first-order valence-electron chi connectivity index (χ1n) is 6.46. The van der Waals surface area contributed by atoms with E-state index >= 15 is 0 Å². The molecule has 0 spiro atoms. The van der Waals surface area contributed by atoms with E-state index in [0.29, 0.717) is 36.4 Å². The van der Waals surface area contributed by atoms with Gasteiger partial charge in [0.2, 0.25) is 0 Å². The number of amides is 1. The molecular formula is C12H20N4O2S. The summed E-state index contributed by atoms with van der Waals surface area (Å²) in [7, 11) is 1.62. The molecule has 0 radical (unpaired) electrons. The van der Waals surface area contributed by atoms with Crippen molar-refractivity contribution in [1.82, 2.24) is 9.88 Å². The molecule has 19 heavy (non-hydrogen) atoms. The molecule has 1 fully saturated rings. The van der Waals surface area contributed by atoms with E-state index in [1.807, 2.05) is 6.92 Å². The maximum atomic E-state index is 12.4. The number of nitrogens with zero attached hydrogens (tertiary/aromatic N) is 2. The molecule has 106 valence electrons. The van der Waals surface area contributed by atoms with Crippen LogP contribution in [0, 0.1) is 0 Å². The summed E-state index contributed by atoms with van der Waals surface area (Å²) >= 11 is 1.33. The minimum atomic E-state index is -0.0709. The van der Waals surface area contributed by atoms with Crippen LogP contribution in [0.5, 0.6) is 0 Å². The van der Waals surface area contributed by atoms with Crippen LogP contribution in [0.2, 0.25) is 0 Å². The summed E-state index contributed by atoms with van der Waals surface area (Å²) in [6.45, 7) is 3.65. The number of hydrogen-bond donors (Lipinski definition) is 2. The lowest BCUT2D eigenvalue weighted by molar-refractivity contribution is 0.0712. The fraction of sp³-hybridized carbons (Fsp3) is 0.667. The van der Waals surface area contributed by atoms with Crippen LogP contribution in [0.4, 0.5) is 10.9 Å². The van der Waals surface area contributed by atoms with Gasteiger partial charge in [-0.2, -0.15) is 0 Å². The van der Waals surface area contributed by atoms with Gasteiger partial charge in [-0.25, -0.2) is 4.98 Å². The molecule has 0 bridgehead atoms. The molecule has 0 atom stereocenters. The molecule has 1 aromatic rings. The Morgan fingerprint density at radius 2 is 2.37 bits per heavy atom. The number of nitrogen functional groups attached to an aromatic ring is 1. The molecular weight excluding hydrogens is 264 g/mol. The topological polar surface area (TPSA) is 80.5 Å². The summed E-state index contributed by atoms with van der Waals surface area (Å²) in [5.74, 6) is 0.243. The highest BCUT2D eigenvalue weighted by Crippen LogP contribution is 2.31. The molecule has 1 aliphatic rings. The Labute approximate surface area is 116 Å². The van der Waals surface area contributed by atoms with Crippen molar-refractivity contribution >= 4 is 28.2 Å².